The minimum atomic E-state index is -3.50. The van der Waals surface area contributed by atoms with Crippen LogP contribution >= 0.6 is 0 Å². The van der Waals surface area contributed by atoms with Crippen LogP contribution in [0.25, 0.3) is 0 Å². The Morgan fingerprint density at radius 2 is 2.00 bits per heavy atom. The fourth-order valence-electron chi connectivity index (χ4n) is 2.50. The van der Waals surface area contributed by atoms with Gasteiger partial charge in [-0.05, 0) is 58.6 Å². The number of para-hydroxylation sites is 1. The van der Waals surface area contributed by atoms with Gasteiger partial charge in [0, 0.05) is 12.8 Å². The van der Waals surface area contributed by atoms with Crippen LogP contribution in [0.5, 0.6) is 0 Å². The molecule has 0 bridgehead atoms. The Kier molecular flexibility index (Phi) is 6.59. The van der Waals surface area contributed by atoms with E-state index in [2.05, 4.69) is 10.7 Å². The summed E-state index contributed by atoms with van der Waals surface area (Å²) in [6, 6.07) is 3.92. The summed E-state index contributed by atoms with van der Waals surface area (Å²) in [6.45, 7) is 7.35. The molecule has 0 saturated heterocycles. The molecule has 1 saturated carbocycles. The molecule has 1 fully saturated rings. The lowest BCUT2D eigenvalue weighted by Crippen LogP contribution is -2.46. The van der Waals surface area contributed by atoms with E-state index in [0.717, 1.165) is 24.1 Å². The van der Waals surface area contributed by atoms with E-state index in [9.17, 15) is 18.0 Å². The molecular weight excluding hydrogens is 382 g/mol. The Labute approximate surface area is 166 Å². The summed E-state index contributed by atoms with van der Waals surface area (Å²) in [4.78, 5) is 24.0. The first kappa shape index (κ1) is 22.0. The van der Waals surface area contributed by atoms with Crippen molar-refractivity contribution < 1.29 is 22.7 Å². The maximum Gasteiger partial charge on any atom is 0.429 e. The second-order valence-corrected chi connectivity index (χ2v) is 10.1. The molecule has 1 amide bonds. The van der Waals surface area contributed by atoms with E-state index in [4.69, 9.17) is 4.74 Å². The number of ether oxygens (including phenoxy) is 1. The molecule has 0 spiro atoms. The molecule has 0 aromatic heterocycles. The van der Waals surface area contributed by atoms with Crippen molar-refractivity contribution in [3.63, 3.8) is 0 Å². The second-order valence-electron chi connectivity index (χ2n) is 8.11. The number of anilines is 2. The van der Waals surface area contributed by atoms with Gasteiger partial charge in [-0.2, -0.15) is 0 Å². The number of hydrogen-bond donors (Lipinski definition) is 2. The van der Waals surface area contributed by atoms with Crippen molar-refractivity contribution >= 4 is 33.6 Å². The van der Waals surface area contributed by atoms with Gasteiger partial charge in [0.2, 0.25) is 0 Å². The Balaban J connectivity index is 2.39. The molecule has 2 rings (SSSR count). The first-order chi connectivity index (χ1) is 12.9. The van der Waals surface area contributed by atoms with Gasteiger partial charge >= 0.3 is 6.09 Å². The summed E-state index contributed by atoms with van der Waals surface area (Å²) in [5.74, 6) is 0.510. The topological polar surface area (TPSA) is 105 Å². The zero-order chi connectivity index (χ0) is 21.1. The summed E-state index contributed by atoms with van der Waals surface area (Å²) in [6.07, 6.45) is 3.21. The highest BCUT2D eigenvalue weighted by molar-refractivity contribution is 7.90. The third-order valence-corrected chi connectivity index (χ3v) is 5.26. The lowest BCUT2D eigenvalue weighted by atomic mass is 10.2. The summed E-state index contributed by atoms with van der Waals surface area (Å²) in [5, 5.41) is 4.25. The van der Waals surface area contributed by atoms with E-state index in [1.54, 1.807) is 39.8 Å². The standard InChI is InChI=1S/C19H29N3O5S/c1-13(12-23)22(18(24)27-19(2,3)4)21-15-7-6-8-16(28(5,25)26)17(15)20-11-14-9-10-14/h6-8,12-14,20-21H,9-11H2,1-5H3/t13-/m0/s1. The van der Waals surface area contributed by atoms with Crippen molar-refractivity contribution in [1.82, 2.24) is 5.01 Å². The highest BCUT2D eigenvalue weighted by atomic mass is 32.2. The molecule has 2 N–H and O–H groups in total. The first-order valence-electron chi connectivity index (χ1n) is 9.23. The number of rotatable bonds is 8. The fraction of sp³-hybridized carbons (Fsp3) is 0.579. The minimum absolute atomic E-state index is 0.126. The Hall–Kier alpha value is -2.29. The van der Waals surface area contributed by atoms with Gasteiger partial charge < -0.3 is 14.8 Å². The van der Waals surface area contributed by atoms with E-state index in [1.165, 1.54) is 6.07 Å². The number of amides is 1. The average molecular weight is 412 g/mol. The van der Waals surface area contributed by atoms with E-state index >= 15 is 0 Å². The molecule has 8 nitrogen and oxygen atoms in total. The van der Waals surface area contributed by atoms with Gasteiger partial charge in [-0.1, -0.05) is 6.07 Å². The molecule has 1 atom stereocenters. The number of hydrogen-bond acceptors (Lipinski definition) is 7. The molecule has 28 heavy (non-hydrogen) atoms. The van der Waals surface area contributed by atoms with E-state index in [-0.39, 0.29) is 4.90 Å². The lowest BCUT2D eigenvalue weighted by molar-refractivity contribution is -0.111. The van der Waals surface area contributed by atoms with Gasteiger partial charge in [-0.15, -0.1) is 0 Å². The Morgan fingerprint density at radius 1 is 1.36 bits per heavy atom. The minimum Gasteiger partial charge on any atom is -0.442 e. The maximum absolute atomic E-state index is 12.6. The molecule has 1 aliphatic rings. The molecule has 0 aliphatic heterocycles. The van der Waals surface area contributed by atoms with Crippen LogP contribution in [0.2, 0.25) is 0 Å². The number of sulfone groups is 1. The largest absolute Gasteiger partial charge is 0.442 e. The summed E-state index contributed by atoms with van der Waals surface area (Å²) >= 11 is 0. The monoisotopic (exact) mass is 411 g/mol. The molecule has 1 aliphatic carbocycles. The van der Waals surface area contributed by atoms with Gasteiger partial charge in [0.15, 0.2) is 9.84 Å². The number of aldehydes is 1. The van der Waals surface area contributed by atoms with Gasteiger partial charge in [-0.25, -0.2) is 18.2 Å². The van der Waals surface area contributed by atoms with Gasteiger partial charge in [0.25, 0.3) is 0 Å². The highest BCUT2D eigenvalue weighted by Gasteiger charge is 2.28. The van der Waals surface area contributed by atoms with Crippen LogP contribution in [0.15, 0.2) is 23.1 Å². The molecule has 0 heterocycles. The van der Waals surface area contributed by atoms with Crippen LogP contribution in [0.3, 0.4) is 0 Å². The zero-order valence-corrected chi connectivity index (χ0v) is 17.8. The average Bonchev–Trinajstić information content (AvgIpc) is 3.39. The predicted molar refractivity (Wildman–Crippen MR) is 108 cm³/mol. The molecule has 1 aromatic carbocycles. The van der Waals surface area contributed by atoms with Crippen molar-refractivity contribution in [1.29, 1.82) is 0 Å². The van der Waals surface area contributed by atoms with Gasteiger partial charge in [-0.3, -0.25) is 5.43 Å². The van der Waals surface area contributed by atoms with Crippen molar-refractivity contribution in [3.8, 4) is 0 Å². The smallest absolute Gasteiger partial charge is 0.429 e. The SMILES string of the molecule is C[C@@H](C=O)N(Nc1cccc(S(C)(=O)=O)c1NCC1CC1)C(=O)OC(C)(C)C. The van der Waals surface area contributed by atoms with Gasteiger partial charge in [0.05, 0.1) is 16.3 Å². The quantitative estimate of drug-likeness (QED) is 0.500. The molecule has 156 valence electrons. The highest BCUT2D eigenvalue weighted by Crippen LogP contribution is 2.34. The molecule has 0 radical (unpaired) electrons. The summed E-state index contributed by atoms with van der Waals surface area (Å²) in [7, 11) is -3.50. The van der Waals surface area contributed by atoms with Crippen molar-refractivity contribution in [2.75, 3.05) is 23.5 Å². The zero-order valence-electron chi connectivity index (χ0n) is 17.0. The Bertz CT molecular complexity index is 828. The van der Waals surface area contributed by atoms with Crippen LogP contribution in [-0.2, 0) is 19.4 Å². The third-order valence-electron chi connectivity index (χ3n) is 4.13. The predicted octanol–water partition coefficient (Wildman–Crippen LogP) is 3.06. The summed E-state index contributed by atoms with van der Waals surface area (Å²) in [5.41, 5.74) is 2.89. The van der Waals surface area contributed by atoms with Crippen LogP contribution in [-0.4, -0.2) is 50.2 Å². The van der Waals surface area contributed by atoms with Crippen molar-refractivity contribution in [2.45, 2.75) is 57.1 Å². The van der Waals surface area contributed by atoms with Crippen molar-refractivity contribution in [3.05, 3.63) is 18.2 Å². The van der Waals surface area contributed by atoms with E-state index in [1.807, 2.05) is 0 Å². The van der Waals surface area contributed by atoms with Crippen LogP contribution in [0, 0.1) is 5.92 Å². The normalized spacial score (nSPS) is 15.5. The molecule has 0 unspecified atom stereocenters. The maximum atomic E-state index is 12.6. The van der Waals surface area contributed by atoms with Crippen molar-refractivity contribution in [2.24, 2.45) is 5.92 Å². The molecular formula is C19H29N3O5S. The van der Waals surface area contributed by atoms with E-state index in [0.29, 0.717) is 30.1 Å². The molecule has 9 heteroatoms. The first-order valence-corrected chi connectivity index (χ1v) is 11.1. The van der Waals surface area contributed by atoms with Gasteiger partial charge in [0.1, 0.15) is 17.9 Å². The third kappa shape index (κ3) is 6.12. The van der Waals surface area contributed by atoms with Crippen LogP contribution < -0.4 is 10.7 Å². The number of nitrogens with one attached hydrogen (secondary N) is 2. The number of nitrogens with zero attached hydrogens (tertiary/aromatic N) is 1. The number of benzene rings is 1. The van der Waals surface area contributed by atoms with Crippen LogP contribution in [0.1, 0.15) is 40.5 Å². The number of carbonyl (C=O) groups is 2. The summed E-state index contributed by atoms with van der Waals surface area (Å²) < 4.78 is 29.8. The Morgan fingerprint density at radius 3 is 2.50 bits per heavy atom. The number of carbonyl (C=O) groups excluding carboxylic acids is 2. The fourth-order valence-corrected chi connectivity index (χ4v) is 3.38. The second kappa shape index (κ2) is 8.38. The number of hydrazine groups is 1. The lowest BCUT2D eigenvalue weighted by Gasteiger charge is -2.31. The van der Waals surface area contributed by atoms with Crippen LogP contribution in [0.4, 0.5) is 16.2 Å². The van der Waals surface area contributed by atoms with E-state index < -0.39 is 27.6 Å². The molecule has 1 aromatic rings.